The molecule has 0 aromatic rings. The summed E-state index contributed by atoms with van der Waals surface area (Å²) < 4.78 is 5.48. The Bertz CT molecular complexity index is 427. The summed E-state index contributed by atoms with van der Waals surface area (Å²) in [5.74, 6) is 1.32. The van der Waals surface area contributed by atoms with Gasteiger partial charge in [0.2, 0.25) is 0 Å². The van der Waals surface area contributed by atoms with Crippen molar-refractivity contribution in [1.82, 2.24) is 15.5 Å². The molecule has 1 heterocycles. The zero-order valence-corrected chi connectivity index (χ0v) is 15.0. The third kappa shape index (κ3) is 6.67. The normalized spacial score (nSPS) is 22.7. The average molecular weight is 324 g/mol. The molecule has 2 aliphatic rings. The van der Waals surface area contributed by atoms with Crippen molar-refractivity contribution < 1.29 is 9.53 Å². The van der Waals surface area contributed by atoms with Crippen LogP contribution in [0.15, 0.2) is 4.99 Å². The van der Waals surface area contributed by atoms with Gasteiger partial charge in [-0.3, -0.25) is 4.99 Å². The monoisotopic (exact) mass is 324 g/mol. The van der Waals surface area contributed by atoms with Gasteiger partial charge in [0.05, 0.1) is 0 Å². The highest BCUT2D eigenvalue weighted by molar-refractivity contribution is 5.80. The minimum absolute atomic E-state index is 0.200. The summed E-state index contributed by atoms with van der Waals surface area (Å²) in [6.07, 6.45) is 4.41. The molecule has 132 valence electrons. The number of guanidine groups is 1. The van der Waals surface area contributed by atoms with Gasteiger partial charge >= 0.3 is 6.09 Å². The lowest BCUT2D eigenvalue weighted by Gasteiger charge is -2.33. The molecule has 0 aromatic carbocycles. The largest absolute Gasteiger partial charge is 0.444 e. The summed E-state index contributed by atoms with van der Waals surface area (Å²) in [5, 5.41) is 6.72. The SMILES string of the molecule is CCNC(=NCC1CCCN(C(=O)OC(C)(C)C)C1)NC1CC1. The van der Waals surface area contributed by atoms with E-state index in [1.54, 1.807) is 0 Å². The van der Waals surface area contributed by atoms with Crippen molar-refractivity contribution in [3.05, 3.63) is 0 Å². The lowest BCUT2D eigenvalue weighted by atomic mass is 9.98. The quantitative estimate of drug-likeness (QED) is 0.615. The summed E-state index contributed by atoms with van der Waals surface area (Å²) in [5.41, 5.74) is -0.436. The number of carbonyl (C=O) groups is 1. The Morgan fingerprint density at radius 3 is 2.65 bits per heavy atom. The number of aliphatic imine (C=N–C) groups is 1. The highest BCUT2D eigenvalue weighted by Crippen LogP contribution is 2.20. The minimum atomic E-state index is -0.436. The molecule has 2 fully saturated rings. The van der Waals surface area contributed by atoms with Crippen molar-refractivity contribution in [2.24, 2.45) is 10.9 Å². The molecule has 1 aliphatic heterocycles. The Kier molecular flexibility index (Phi) is 6.13. The third-order valence-electron chi connectivity index (χ3n) is 3.94. The van der Waals surface area contributed by atoms with Crippen LogP contribution in [-0.4, -0.2) is 54.8 Å². The molecule has 1 atom stereocenters. The fourth-order valence-electron chi connectivity index (χ4n) is 2.67. The van der Waals surface area contributed by atoms with Gasteiger partial charge in [0.1, 0.15) is 5.60 Å². The molecule has 1 saturated heterocycles. The van der Waals surface area contributed by atoms with E-state index in [2.05, 4.69) is 17.6 Å². The van der Waals surface area contributed by atoms with E-state index < -0.39 is 5.60 Å². The summed E-state index contributed by atoms with van der Waals surface area (Å²) in [4.78, 5) is 18.7. The van der Waals surface area contributed by atoms with E-state index in [-0.39, 0.29) is 6.09 Å². The van der Waals surface area contributed by atoms with Crippen molar-refractivity contribution in [3.8, 4) is 0 Å². The summed E-state index contributed by atoms with van der Waals surface area (Å²) >= 11 is 0. The molecule has 23 heavy (non-hydrogen) atoms. The van der Waals surface area contributed by atoms with Gasteiger partial charge in [-0.15, -0.1) is 0 Å². The maximum absolute atomic E-state index is 12.2. The van der Waals surface area contributed by atoms with Crippen molar-refractivity contribution in [1.29, 1.82) is 0 Å². The second-order valence-electron chi connectivity index (χ2n) is 7.57. The fourth-order valence-corrected chi connectivity index (χ4v) is 2.67. The predicted molar refractivity (Wildman–Crippen MR) is 92.7 cm³/mol. The standard InChI is InChI=1S/C17H32N4O2/c1-5-18-15(20-14-8-9-14)19-11-13-7-6-10-21(12-13)16(22)23-17(2,3)4/h13-14H,5-12H2,1-4H3,(H2,18,19,20). The highest BCUT2D eigenvalue weighted by atomic mass is 16.6. The van der Waals surface area contributed by atoms with Gasteiger partial charge in [-0.25, -0.2) is 4.79 Å². The molecular formula is C17H32N4O2. The second-order valence-corrected chi connectivity index (χ2v) is 7.57. The van der Waals surface area contributed by atoms with Crippen LogP contribution < -0.4 is 10.6 Å². The van der Waals surface area contributed by atoms with Crippen molar-refractivity contribution in [2.75, 3.05) is 26.2 Å². The van der Waals surface area contributed by atoms with Crippen LogP contribution in [0.4, 0.5) is 4.79 Å². The highest BCUT2D eigenvalue weighted by Gasteiger charge is 2.28. The number of piperidine rings is 1. The van der Waals surface area contributed by atoms with E-state index in [0.29, 0.717) is 12.0 Å². The predicted octanol–water partition coefficient (Wildman–Crippen LogP) is 2.35. The lowest BCUT2D eigenvalue weighted by molar-refractivity contribution is 0.0170. The van der Waals surface area contributed by atoms with E-state index >= 15 is 0 Å². The zero-order chi connectivity index (χ0) is 16.9. The maximum atomic E-state index is 12.2. The number of ether oxygens (including phenoxy) is 1. The number of amides is 1. The van der Waals surface area contributed by atoms with Crippen molar-refractivity contribution in [3.63, 3.8) is 0 Å². The van der Waals surface area contributed by atoms with E-state index in [9.17, 15) is 4.79 Å². The van der Waals surface area contributed by atoms with Gasteiger partial charge < -0.3 is 20.3 Å². The Morgan fingerprint density at radius 2 is 2.04 bits per heavy atom. The maximum Gasteiger partial charge on any atom is 0.410 e. The minimum Gasteiger partial charge on any atom is -0.444 e. The molecule has 0 radical (unpaired) electrons. The number of hydrogen-bond donors (Lipinski definition) is 2. The van der Waals surface area contributed by atoms with Crippen LogP contribution in [0.5, 0.6) is 0 Å². The van der Waals surface area contributed by atoms with Crippen LogP contribution in [0.2, 0.25) is 0 Å². The van der Waals surface area contributed by atoms with Gasteiger partial charge in [0.25, 0.3) is 0 Å². The van der Waals surface area contributed by atoms with E-state index in [0.717, 1.165) is 45.0 Å². The smallest absolute Gasteiger partial charge is 0.410 e. The molecule has 2 rings (SSSR count). The molecule has 6 heteroatoms. The second kappa shape index (κ2) is 7.88. The summed E-state index contributed by atoms with van der Waals surface area (Å²) in [6.45, 7) is 10.9. The number of carbonyl (C=O) groups excluding carboxylic acids is 1. The molecule has 0 bridgehead atoms. The van der Waals surface area contributed by atoms with E-state index in [4.69, 9.17) is 9.73 Å². The molecule has 1 amide bonds. The molecule has 0 spiro atoms. The number of hydrogen-bond acceptors (Lipinski definition) is 3. The van der Waals surface area contributed by atoms with Crippen LogP contribution in [0, 0.1) is 5.92 Å². The summed E-state index contributed by atoms with van der Waals surface area (Å²) in [7, 11) is 0. The molecule has 6 nitrogen and oxygen atoms in total. The molecule has 1 unspecified atom stereocenters. The van der Waals surface area contributed by atoms with Gasteiger partial charge in [-0.2, -0.15) is 0 Å². The Balaban J connectivity index is 1.83. The third-order valence-corrected chi connectivity index (χ3v) is 3.94. The molecule has 0 aromatic heterocycles. The molecule has 1 aliphatic carbocycles. The van der Waals surface area contributed by atoms with Crippen molar-refractivity contribution in [2.45, 2.75) is 65.0 Å². The van der Waals surface area contributed by atoms with Crippen LogP contribution >= 0.6 is 0 Å². The van der Waals surface area contributed by atoms with Gasteiger partial charge in [0, 0.05) is 32.2 Å². The van der Waals surface area contributed by atoms with Crippen LogP contribution in [-0.2, 0) is 4.74 Å². The first-order valence-corrected chi connectivity index (χ1v) is 8.90. The molecule has 1 saturated carbocycles. The average Bonchev–Trinajstić information content (AvgIpc) is 3.27. The molecular weight excluding hydrogens is 292 g/mol. The Morgan fingerprint density at radius 1 is 1.30 bits per heavy atom. The zero-order valence-electron chi connectivity index (χ0n) is 15.0. The lowest BCUT2D eigenvalue weighted by Crippen LogP contribution is -2.44. The number of nitrogens with zero attached hydrogens (tertiary/aromatic N) is 2. The van der Waals surface area contributed by atoms with Crippen LogP contribution in [0.1, 0.15) is 53.4 Å². The van der Waals surface area contributed by atoms with Crippen LogP contribution in [0.25, 0.3) is 0 Å². The van der Waals surface area contributed by atoms with Crippen LogP contribution in [0.3, 0.4) is 0 Å². The topological polar surface area (TPSA) is 66.0 Å². The number of rotatable bonds is 4. The van der Waals surface area contributed by atoms with Gasteiger partial charge in [-0.05, 0) is 59.3 Å². The van der Waals surface area contributed by atoms with Crippen molar-refractivity contribution >= 4 is 12.1 Å². The number of likely N-dealkylation sites (tertiary alicyclic amines) is 1. The van der Waals surface area contributed by atoms with E-state index in [1.807, 2.05) is 25.7 Å². The number of nitrogens with one attached hydrogen (secondary N) is 2. The van der Waals surface area contributed by atoms with E-state index in [1.165, 1.54) is 12.8 Å². The Labute approximate surface area is 140 Å². The molecule has 2 N–H and O–H groups in total. The first-order chi connectivity index (χ1) is 10.9. The van der Waals surface area contributed by atoms with Gasteiger partial charge in [0.15, 0.2) is 5.96 Å². The first-order valence-electron chi connectivity index (χ1n) is 8.90. The fraction of sp³-hybridized carbons (Fsp3) is 0.882. The summed E-state index contributed by atoms with van der Waals surface area (Å²) in [6, 6.07) is 0.595. The first kappa shape index (κ1) is 17.9. The van der Waals surface area contributed by atoms with Gasteiger partial charge in [-0.1, -0.05) is 0 Å². The Hall–Kier alpha value is -1.46.